The summed E-state index contributed by atoms with van der Waals surface area (Å²) >= 11 is 0. The number of amides is 1. The molecule has 0 aromatic carbocycles. The van der Waals surface area contributed by atoms with Gasteiger partial charge in [0.1, 0.15) is 6.42 Å². The standard InChI is InChI=1S/C12H22N2O3/c1-13-6-4-10(9-13)5-7-14(2)11(15)8-12(16)17-3/h10H,4-9H2,1-3H3. The normalized spacial score (nSPS) is 20.3. The van der Waals surface area contributed by atoms with E-state index in [1.807, 2.05) is 0 Å². The fraction of sp³-hybridized carbons (Fsp3) is 0.833. The molecule has 0 bridgehead atoms. The Hall–Kier alpha value is -1.10. The van der Waals surface area contributed by atoms with Crippen LogP contribution in [0.1, 0.15) is 19.3 Å². The molecule has 1 aliphatic rings. The number of likely N-dealkylation sites (tertiary alicyclic amines) is 1. The molecule has 0 N–H and O–H groups in total. The van der Waals surface area contributed by atoms with Gasteiger partial charge in [0.2, 0.25) is 5.91 Å². The lowest BCUT2D eigenvalue weighted by atomic mass is 10.0. The van der Waals surface area contributed by atoms with E-state index >= 15 is 0 Å². The van der Waals surface area contributed by atoms with Crippen molar-refractivity contribution in [3.05, 3.63) is 0 Å². The first-order valence-electron chi connectivity index (χ1n) is 6.02. The number of hydrogen-bond donors (Lipinski definition) is 0. The van der Waals surface area contributed by atoms with E-state index in [2.05, 4.69) is 16.7 Å². The lowest BCUT2D eigenvalue weighted by Crippen LogP contribution is -2.31. The molecule has 0 radical (unpaired) electrons. The summed E-state index contributed by atoms with van der Waals surface area (Å²) < 4.78 is 4.47. The largest absolute Gasteiger partial charge is 0.469 e. The number of carbonyl (C=O) groups is 2. The predicted molar refractivity (Wildman–Crippen MR) is 64.5 cm³/mol. The second-order valence-electron chi connectivity index (χ2n) is 4.77. The van der Waals surface area contributed by atoms with Crippen LogP contribution in [0.2, 0.25) is 0 Å². The number of methoxy groups -OCH3 is 1. The van der Waals surface area contributed by atoms with Gasteiger partial charge in [-0.1, -0.05) is 0 Å². The quantitative estimate of drug-likeness (QED) is 0.515. The highest BCUT2D eigenvalue weighted by molar-refractivity contribution is 5.94. The van der Waals surface area contributed by atoms with E-state index in [1.54, 1.807) is 11.9 Å². The van der Waals surface area contributed by atoms with E-state index in [1.165, 1.54) is 13.5 Å². The van der Waals surface area contributed by atoms with E-state index in [0.717, 1.165) is 19.5 Å². The van der Waals surface area contributed by atoms with Crippen molar-refractivity contribution >= 4 is 11.9 Å². The number of nitrogens with zero attached hydrogens (tertiary/aromatic N) is 2. The fourth-order valence-corrected chi connectivity index (χ4v) is 2.09. The maximum atomic E-state index is 11.6. The molecule has 1 aliphatic heterocycles. The molecule has 0 spiro atoms. The van der Waals surface area contributed by atoms with Gasteiger partial charge in [-0.3, -0.25) is 9.59 Å². The van der Waals surface area contributed by atoms with Gasteiger partial charge in [0, 0.05) is 20.1 Å². The first-order chi connectivity index (χ1) is 8.02. The summed E-state index contributed by atoms with van der Waals surface area (Å²) in [7, 11) is 5.15. The molecule has 0 saturated carbocycles. The minimum Gasteiger partial charge on any atom is -0.469 e. The van der Waals surface area contributed by atoms with Crippen LogP contribution in [0, 0.1) is 5.92 Å². The summed E-state index contributed by atoms with van der Waals surface area (Å²) in [5.74, 6) is 0.0408. The molecule has 1 amide bonds. The van der Waals surface area contributed by atoms with E-state index in [0.29, 0.717) is 12.5 Å². The number of hydrogen-bond acceptors (Lipinski definition) is 4. The third-order valence-electron chi connectivity index (χ3n) is 3.31. The highest BCUT2D eigenvalue weighted by Gasteiger charge is 2.21. The molecule has 0 aliphatic carbocycles. The van der Waals surface area contributed by atoms with Crippen LogP contribution in [-0.4, -0.2) is 62.5 Å². The first kappa shape index (κ1) is 14.0. The van der Waals surface area contributed by atoms with Crippen LogP contribution in [0.25, 0.3) is 0 Å². The molecule has 1 fully saturated rings. The van der Waals surface area contributed by atoms with Gasteiger partial charge in [-0.25, -0.2) is 0 Å². The van der Waals surface area contributed by atoms with Crippen LogP contribution in [0.15, 0.2) is 0 Å². The predicted octanol–water partition coefficient (Wildman–Crippen LogP) is 0.350. The molecule has 5 heteroatoms. The summed E-state index contributed by atoms with van der Waals surface area (Å²) in [6.45, 7) is 2.97. The molecule has 98 valence electrons. The van der Waals surface area contributed by atoms with Crippen LogP contribution in [0.4, 0.5) is 0 Å². The molecule has 1 atom stereocenters. The van der Waals surface area contributed by atoms with Gasteiger partial charge in [0.15, 0.2) is 0 Å². The van der Waals surface area contributed by atoms with Gasteiger partial charge in [-0.05, 0) is 32.4 Å². The SMILES string of the molecule is COC(=O)CC(=O)N(C)CCC1CCN(C)C1. The zero-order chi connectivity index (χ0) is 12.8. The van der Waals surface area contributed by atoms with E-state index in [4.69, 9.17) is 0 Å². The fourth-order valence-electron chi connectivity index (χ4n) is 2.09. The lowest BCUT2D eigenvalue weighted by Gasteiger charge is -2.19. The van der Waals surface area contributed by atoms with Crippen LogP contribution in [0.5, 0.6) is 0 Å². The average Bonchev–Trinajstić information content (AvgIpc) is 2.71. The zero-order valence-electron chi connectivity index (χ0n) is 10.9. The summed E-state index contributed by atoms with van der Waals surface area (Å²) in [5, 5.41) is 0. The monoisotopic (exact) mass is 242 g/mol. The molecule has 1 heterocycles. The Bertz CT molecular complexity index is 281. The Morgan fingerprint density at radius 2 is 2.18 bits per heavy atom. The second-order valence-corrected chi connectivity index (χ2v) is 4.77. The van der Waals surface area contributed by atoms with Gasteiger partial charge in [-0.2, -0.15) is 0 Å². The molecule has 5 nitrogen and oxygen atoms in total. The van der Waals surface area contributed by atoms with E-state index < -0.39 is 5.97 Å². The van der Waals surface area contributed by atoms with Crippen molar-refractivity contribution in [1.82, 2.24) is 9.80 Å². The van der Waals surface area contributed by atoms with E-state index in [9.17, 15) is 9.59 Å². The minimum absolute atomic E-state index is 0.155. The highest BCUT2D eigenvalue weighted by atomic mass is 16.5. The topological polar surface area (TPSA) is 49.9 Å². The third-order valence-corrected chi connectivity index (χ3v) is 3.31. The van der Waals surface area contributed by atoms with Crippen LogP contribution in [-0.2, 0) is 14.3 Å². The van der Waals surface area contributed by atoms with Gasteiger partial charge in [0.25, 0.3) is 0 Å². The maximum absolute atomic E-state index is 11.6. The lowest BCUT2D eigenvalue weighted by molar-refractivity contribution is -0.146. The number of carbonyl (C=O) groups excluding carboxylic acids is 2. The second kappa shape index (κ2) is 6.59. The third kappa shape index (κ3) is 4.73. The van der Waals surface area contributed by atoms with Crippen molar-refractivity contribution in [2.24, 2.45) is 5.92 Å². The highest BCUT2D eigenvalue weighted by Crippen LogP contribution is 2.18. The maximum Gasteiger partial charge on any atom is 0.315 e. The molecule has 0 aromatic heterocycles. The summed E-state index contributed by atoms with van der Waals surface area (Å²) in [6, 6.07) is 0. The van der Waals surface area contributed by atoms with Crippen molar-refractivity contribution in [2.75, 3.05) is 40.8 Å². The van der Waals surface area contributed by atoms with Gasteiger partial charge >= 0.3 is 5.97 Å². The molecule has 1 unspecified atom stereocenters. The Morgan fingerprint density at radius 3 is 2.71 bits per heavy atom. The molecule has 17 heavy (non-hydrogen) atoms. The Kier molecular flexibility index (Phi) is 5.41. The minimum atomic E-state index is -0.470. The molecular formula is C12H22N2O3. The van der Waals surface area contributed by atoms with Crippen molar-refractivity contribution in [2.45, 2.75) is 19.3 Å². The Balaban J connectivity index is 2.22. The van der Waals surface area contributed by atoms with E-state index in [-0.39, 0.29) is 12.3 Å². The summed E-state index contributed by atoms with van der Waals surface area (Å²) in [4.78, 5) is 26.5. The van der Waals surface area contributed by atoms with Crippen molar-refractivity contribution in [3.8, 4) is 0 Å². The summed E-state index contributed by atoms with van der Waals surface area (Å²) in [5.41, 5.74) is 0. The van der Waals surface area contributed by atoms with Gasteiger partial charge in [0.05, 0.1) is 7.11 Å². The van der Waals surface area contributed by atoms with Crippen molar-refractivity contribution in [3.63, 3.8) is 0 Å². The van der Waals surface area contributed by atoms with Crippen LogP contribution < -0.4 is 0 Å². The smallest absolute Gasteiger partial charge is 0.315 e. The molecule has 0 aromatic rings. The number of rotatable bonds is 5. The summed E-state index contributed by atoms with van der Waals surface area (Å²) in [6.07, 6.45) is 2.06. The number of ether oxygens (including phenoxy) is 1. The first-order valence-corrected chi connectivity index (χ1v) is 6.02. The molecule has 1 rings (SSSR count). The van der Waals surface area contributed by atoms with Crippen molar-refractivity contribution < 1.29 is 14.3 Å². The average molecular weight is 242 g/mol. The Morgan fingerprint density at radius 1 is 1.47 bits per heavy atom. The van der Waals surface area contributed by atoms with Crippen LogP contribution >= 0.6 is 0 Å². The Labute approximate surface area is 103 Å². The van der Waals surface area contributed by atoms with Crippen molar-refractivity contribution in [1.29, 1.82) is 0 Å². The van der Waals surface area contributed by atoms with Gasteiger partial charge < -0.3 is 14.5 Å². The molecule has 1 saturated heterocycles. The zero-order valence-corrected chi connectivity index (χ0v) is 10.9. The van der Waals surface area contributed by atoms with Gasteiger partial charge in [-0.15, -0.1) is 0 Å². The number of esters is 1. The molecular weight excluding hydrogens is 220 g/mol. The van der Waals surface area contributed by atoms with Crippen LogP contribution in [0.3, 0.4) is 0 Å².